The smallest absolute Gasteiger partial charge is 0.239 e. The predicted molar refractivity (Wildman–Crippen MR) is 76.6 cm³/mol. The van der Waals surface area contributed by atoms with Crippen molar-refractivity contribution in [2.45, 2.75) is 50.7 Å². The molecule has 4 nitrogen and oxygen atoms in total. The lowest BCUT2D eigenvalue weighted by Crippen LogP contribution is -2.48. The van der Waals surface area contributed by atoms with E-state index in [1.807, 2.05) is 4.90 Å². The second kappa shape index (κ2) is 6.91. The highest BCUT2D eigenvalue weighted by molar-refractivity contribution is 5.85. The first kappa shape index (κ1) is 15.1. The molecule has 1 saturated carbocycles. The van der Waals surface area contributed by atoms with Gasteiger partial charge in [-0.15, -0.1) is 12.4 Å². The Balaban J connectivity index is 0.00000133. The summed E-state index contributed by atoms with van der Waals surface area (Å²) in [4.78, 5) is 14.2. The van der Waals surface area contributed by atoms with Crippen LogP contribution in [0.2, 0.25) is 0 Å². The first-order chi connectivity index (χ1) is 8.83. The zero-order valence-corrected chi connectivity index (χ0v) is 12.3. The highest BCUT2D eigenvalue weighted by Crippen LogP contribution is 2.30. The van der Waals surface area contributed by atoms with Crippen LogP contribution in [-0.2, 0) is 9.53 Å². The number of hydrogen-bond acceptors (Lipinski definition) is 3. The monoisotopic (exact) mass is 288 g/mol. The van der Waals surface area contributed by atoms with Crippen LogP contribution in [0.3, 0.4) is 0 Å². The molecule has 3 fully saturated rings. The van der Waals surface area contributed by atoms with E-state index >= 15 is 0 Å². The highest BCUT2D eigenvalue weighted by atomic mass is 35.5. The summed E-state index contributed by atoms with van der Waals surface area (Å²) in [5.41, 5.74) is 0. The van der Waals surface area contributed by atoms with Crippen LogP contribution in [0, 0.1) is 5.92 Å². The van der Waals surface area contributed by atoms with Gasteiger partial charge in [0.1, 0.15) is 0 Å². The van der Waals surface area contributed by atoms with Crippen LogP contribution in [-0.4, -0.2) is 49.2 Å². The number of nitrogens with one attached hydrogen (secondary N) is 1. The molecule has 1 unspecified atom stereocenters. The summed E-state index contributed by atoms with van der Waals surface area (Å²) in [7, 11) is 0. The van der Waals surface area contributed by atoms with Crippen molar-refractivity contribution in [2.75, 3.05) is 26.2 Å². The van der Waals surface area contributed by atoms with Gasteiger partial charge in [0.25, 0.3) is 0 Å². The number of halogens is 1. The molecule has 1 amide bonds. The van der Waals surface area contributed by atoms with Gasteiger partial charge >= 0.3 is 0 Å². The third-order valence-electron chi connectivity index (χ3n) is 4.38. The van der Waals surface area contributed by atoms with Crippen molar-refractivity contribution in [3.8, 4) is 0 Å². The topological polar surface area (TPSA) is 41.6 Å². The molecule has 3 aliphatic rings. The second-order valence-corrected chi connectivity index (χ2v) is 5.95. The van der Waals surface area contributed by atoms with Crippen LogP contribution in [0.4, 0.5) is 0 Å². The first-order valence-corrected chi connectivity index (χ1v) is 7.46. The summed E-state index contributed by atoms with van der Waals surface area (Å²) in [5, 5.41) is 3.29. The van der Waals surface area contributed by atoms with Gasteiger partial charge in [0.15, 0.2) is 0 Å². The van der Waals surface area contributed by atoms with Gasteiger partial charge < -0.3 is 15.0 Å². The van der Waals surface area contributed by atoms with Gasteiger partial charge in [-0.2, -0.15) is 0 Å². The van der Waals surface area contributed by atoms with E-state index in [0.29, 0.717) is 12.0 Å². The van der Waals surface area contributed by atoms with Crippen molar-refractivity contribution in [1.82, 2.24) is 10.2 Å². The Morgan fingerprint density at radius 1 is 1.16 bits per heavy atom. The number of likely N-dealkylation sites (tertiary alicyclic amines) is 1. The molecule has 3 rings (SSSR count). The Labute approximate surface area is 121 Å². The number of ether oxygens (including phenoxy) is 1. The van der Waals surface area contributed by atoms with Crippen LogP contribution in [0.5, 0.6) is 0 Å². The van der Waals surface area contributed by atoms with E-state index in [1.165, 1.54) is 12.8 Å². The predicted octanol–water partition coefficient (Wildman–Crippen LogP) is 1.58. The van der Waals surface area contributed by atoms with E-state index in [2.05, 4.69) is 5.32 Å². The molecular formula is C14H25ClN2O2. The zero-order valence-electron chi connectivity index (χ0n) is 11.5. The molecule has 0 bridgehead atoms. The summed E-state index contributed by atoms with van der Waals surface area (Å²) in [6.45, 7) is 3.71. The molecule has 0 aromatic heterocycles. The largest absolute Gasteiger partial charge is 0.378 e. The molecule has 5 heteroatoms. The van der Waals surface area contributed by atoms with E-state index in [-0.39, 0.29) is 18.4 Å². The van der Waals surface area contributed by atoms with Crippen LogP contribution in [0.15, 0.2) is 0 Å². The van der Waals surface area contributed by atoms with Gasteiger partial charge in [-0.05, 0) is 51.0 Å². The molecule has 0 aromatic carbocycles. The van der Waals surface area contributed by atoms with Gasteiger partial charge in [-0.25, -0.2) is 0 Å². The lowest BCUT2D eigenvalue weighted by atomic mass is 10.1. The number of piperidine rings is 1. The lowest BCUT2D eigenvalue weighted by molar-refractivity contribution is -0.135. The minimum Gasteiger partial charge on any atom is -0.378 e. The molecule has 0 aromatic rings. The first-order valence-electron chi connectivity index (χ1n) is 7.46. The summed E-state index contributed by atoms with van der Waals surface area (Å²) in [6.07, 6.45) is 7.28. The highest BCUT2D eigenvalue weighted by Gasteiger charge is 2.30. The molecule has 2 heterocycles. The number of carbonyl (C=O) groups excluding carboxylic acids is 1. The maximum absolute atomic E-state index is 12.2. The number of carbonyl (C=O) groups is 1. The van der Waals surface area contributed by atoms with Gasteiger partial charge in [0.2, 0.25) is 5.91 Å². The summed E-state index contributed by atoms with van der Waals surface area (Å²) < 4.78 is 5.91. The van der Waals surface area contributed by atoms with Gasteiger partial charge in [-0.1, -0.05) is 0 Å². The molecule has 19 heavy (non-hydrogen) atoms. The van der Waals surface area contributed by atoms with Crippen molar-refractivity contribution in [3.05, 3.63) is 0 Å². The molecule has 0 spiro atoms. The number of hydrogen-bond donors (Lipinski definition) is 1. The molecule has 2 aliphatic heterocycles. The quantitative estimate of drug-likeness (QED) is 0.854. The normalized spacial score (nSPS) is 28.2. The van der Waals surface area contributed by atoms with Crippen molar-refractivity contribution in [2.24, 2.45) is 5.92 Å². The fraction of sp³-hybridized carbons (Fsp3) is 0.929. The van der Waals surface area contributed by atoms with E-state index in [1.54, 1.807) is 0 Å². The Morgan fingerprint density at radius 3 is 2.47 bits per heavy atom. The number of nitrogens with zero attached hydrogens (tertiary/aromatic N) is 1. The SMILES string of the molecule is Cl.O=C(C1CCCN1)N1CCC(OCC2CC2)CC1. The average molecular weight is 289 g/mol. The minimum atomic E-state index is 0. The Bertz CT molecular complexity index is 296. The van der Waals surface area contributed by atoms with Gasteiger partial charge in [-0.3, -0.25) is 4.79 Å². The van der Waals surface area contributed by atoms with Crippen molar-refractivity contribution in [3.63, 3.8) is 0 Å². The number of rotatable bonds is 4. The fourth-order valence-corrected chi connectivity index (χ4v) is 2.92. The molecule has 110 valence electrons. The maximum Gasteiger partial charge on any atom is 0.239 e. The van der Waals surface area contributed by atoms with Crippen molar-refractivity contribution < 1.29 is 9.53 Å². The van der Waals surface area contributed by atoms with Gasteiger partial charge in [0, 0.05) is 19.7 Å². The minimum absolute atomic E-state index is 0. The van der Waals surface area contributed by atoms with Crippen LogP contribution in [0.1, 0.15) is 38.5 Å². The molecular weight excluding hydrogens is 264 g/mol. The van der Waals surface area contributed by atoms with Crippen LogP contribution in [0.25, 0.3) is 0 Å². The van der Waals surface area contributed by atoms with Crippen LogP contribution < -0.4 is 5.32 Å². The van der Waals surface area contributed by atoms with Crippen LogP contribution >= 0.6 is 12.4 Å². The van der Waals surface area contributed by atoms with Crippen molar-refractivity contribution in [1.29, 1.82) is 0 Å². The molecule has 1 aliphatic carbocycles. The third kappa shape index (κ3) is 4.07. The molecule has 1 atom stereocenters. The molecule has 2 saturated heterocycles. The summed E-state index contributed by atoms with van der Waals surface area (Å²) in [5.74, 6) is 1.15. The Morgan fingerprint density at radius 2 is 1.89 bits per heavy atom. The van der Waals surface area contributed by atoms with E-state index < -0.39 is 0 Å². The fourth-order valence-electron chi connectivity index (χ4n) is 2.92. The van der Waals surface area contributed by atoms with E-state index in [0.717, 1.165) is 57.8 Å². The maximum atomic E-state index is 12.2. The summed E-state index contributed by atoms with van der Waals surface area (Å²) in [6, 6.07) is 0.0916. The zero-order chi connectivity index (χ0) is 12.4. The Kier molecular flexibility index (Phi) is 5.48. The molecule has 1 N–H and O–H groups in total. The lowest BCUT2D eigenvalue weighted by Gasteiger charge is -2.33. The third-order valence-corrected chi connectivity index (χ3v) is 4.38. The average Bonchev–Trinajstić information content (AvgIpc) is 3.08. The molecule has 0 radical (unpaired) electrons. The van der Waals surface area contributed by atoms with Gasteiger partial charge in [0.05, 0.1) is 12.1 Å². The van der Waals surface area contributed by atoms with E-state index in [4.69, 9.17) is 4.74 Å². The van der Waals surface area contributed by atoms with E-state index in [9.17, 15) is 4.79 Å². The van der Waals surface area contributed by atoms with Crippen molar-refractivity contribution >= 4 is 18.3 Å². The summed E-state index contributed by atoms with van der Waals surface area (Å²) >= 11 is 0. The number of amides is 1. The second-order valence-electron chi connectivity index (χ2n) is 5.95. The Hall–Kier alpha value is -0.320. The standard InChI is InChI=1S/C14H24N2O2.ClH/c17-14(13-2-1-7-15-13)16-8-5-12(6-9-16)18-10-11-3-4-11;/h11-13,15H,1-10H2;1H.